The average Bonchev–Trinajstić information content (AvgIpc) is 2.91. The van der Waals surface area contributed by atoms with E-state index in [4.69, 9.17) is 11.6 Å². The number of halogens is 1. The molecule has 0 bridgehead atoms. The molecule has 1 aromatic heterocycles. The maximum atomic E-state index is 12.2. The van der Waals surface area contributed by atoms with Crippen molar-refractivity contribution < 1.29 is 9.72 Å². The van der Waals surface area contributed by atoms with Gasteiger partial charge in [-0.1, -0.05) is 11.6 Å². The summed E-state index contributed by atoms with van der Waals surface area (Å²) < 4.78 is 0. The molecule has 0 atom stereocenters. The highest BCUT2D eigenvalue weighted by Gasteiger charge is 2.19. The number of rotatable bonds is 4. The molecule has 1 heterocycles. The van der Waals surface area contributed by atoms with E-state index in [0.717, 1.165) is 0 Å². The lowest BCUT2D eigenvalue weighted by atomic mass is 10.2. The number of H-pyrrole nitrogens is 1. The quantitative estimate of drug-likeness (QED) is 0.691. The van der Waals surface area contributed by atoms with Crippen LogP contribution in [0.25, 0.3) is 0 Å². The summed E-state index contributed by atoms with van der Waals surface area (Å²) in [7, 11) is 1.59. The van der Waals surface area contributed by atoms with Crippen LogP contribution >= 0.6 is 11.6 Å². The first-order chi connectivity index (χ1) is 9.49. The van der Waals surface area contributed by atoms with Crippen LogP contribution in [0.15, 0.2) is 30.6 Å². The minimum absolute atomic E-state index is 0.000220. The van der Waals surface area contributed by atoms with E-state index >= 15 is 0 Å². The van der Waals surface area contributed by atoms with Crippen molar-refractivity contribution in [1.29, 1.82) is 0 Å². The molecule has 1 amide bonds. The van der Waals surface area contributed by atoms with Crippen LogP contribution in [0.2, 0.25) is 5.02 Å². The molecule has 0 aliphatic heterocycles. The summed E-state index contributed by atoms with van der Waals surface area (Å²) in [5.74, 6) is 0.283. The van der Waals surface area contributed by atoms with E-state index in [2.05, 4.69) is 9.97 Å². The van der Waals surface area contributed by atoms with Crippen molar-refractivity contribution in [3.63, 3.8) is 0 Å². The van der Waals surface area contributed by atoms with E-state index in [1.807, 2.05) is 0 Å². The van der Waals surface area contributed by atoms with Gasteiger partial charge in [0.05, 0.1) is 11.5 Å². The molecular weight excluding hydrogens is 284 g/mol. The monoisotopic (exact) mass is 294 g/mol. The lowest BCUT2D eigenvalue weighted by Crippen LogP contribution is -2.26. The van der Waals surface area contributed by atoms with E-state index in [0.29, 0.717) is 5.82 Å². The van der Waals surface area contributed by atoms with Crippen molar-refractivity contribution in [2.75, 3.05) is 7.05 Å². The first-order valence-electron chi connectivity index (χ1n) is 5.66. The third-order valence-corrected chi connectivity index (χ3v) is 3.00. The Balaban J connectivity index is 2.20. The summed E-state index contributed by atoms with van der Waals surface area (Å²) in [6, 6.07) is 3.97. The van der Waals surface area contributed by atoms with Gasteiger partial charge < -0.3 is 9.88 Å². The molecular formula is C12H11ClN4O3. The maximum Gasteiger partial charge on any atom is 0.288 e. The van der Waals surface area contributed by atoms with Crippen molar-refractivity contribution in [2.45, 2.75) is 6.54 Å². The normalized spacial score (nSPS) is 10.3. The predicted octanol–water partition coefficient (Wildman–Crippen LogP) is 2.24. The summed E-state index contributed by atoms with van der Waals surface area (Å²) in [5.41, 5.74) is -0.0842. The number of benzene rings is 1. The van der Waals surface area contributed by atoms with Gasteiger partial charge in [0.25, 0.3) is 11.6 Å². The van der Waals surface area contributed by atoms with Gasteiger partial charge in [-0.05, 0) is 12.1 Å². The number of hydrogen-bond donors (Lipinski definition) is 1. The molecule has 1 N–H and O–H groups in total. The van der Waals surface area contributed by atoms with Crippen LogP contribution in [0.5, 0.6) is 0 Å². The summed E-state index contributed by atoms with van der Waals surface area (Å²) >= 11 is 5.71. The van der Waals surface area contributed by atoms with Crippen molar-refractivity contribution in [3.05, 3.63) is 57.1 Å². The number of nitrogens with one attached hydrogen (secondary N) is 1. The number of nitro groups is 1. The number of nitrogens with zero attached hydrogens (tertiary/aromatic N) is 3. The fourth-order valence-corrected chi connectivity index (χ4v) is 1.87. The van der Waals surface area contributed by atoms with Gasteiger partial charge in [0.1, 0.15) is 10.8 Å². The highest BCUT2D eigenvalue weighted by molar-refractivity contribution is 6.32. The largest absolute Gasteiger partial charge is 0.347 e. The summed E-state index contributed by atoms with van der Waals surface area (Å²) in [4.78, 5) is 30.7. The maximum absolute atomic E-state index is 12.2. The first kappa shape index (κ1) is 14.0. The number of aromatic nitrogens is 2. The number of carbonyl (C=O) groups is 1. The molecule has 2 rings (SSSR count). The van der Waals surface area contributed by atoms with Gasteiger partial charge in [-0.3, -0.25) is 14.9 Å². The van der Waals surface area contributed by atoms with Crippen molar-refractivity contribution in [3.8, 4) is 0 Å². The van der Waals surface area contributed by atoms with Crippen LogP contribution in [0.4, 0.5) is 5.69 Å². The standard InChI is InChI=1S/C12H11ClN4O3/c1-16(7-11-14-4-5-15-11)12(18)8-2-3-9(13)10(6-8)17(19)20/h2-6H,7H2,1H3,(H,14,15). The van der Waals surface area contributed by atoms with Gasteiger partial charge in [-0.15, -0.1) is 0 Å². The zero-order valence-electron chi connectivity index (χ0n) is 10.5. The topological polar surface area (TPSA) is 92.1 Å². The number of nitro benzene ring substituents is 1. The second kappa shape index (κ2) is 5.70. The highest BCUT2D eigenvalue weighted by Crippen LogP contribution is 2.25. The Hall–Kier alpha value is -2.41. The zero-order chi connectivity index (χ0) is 14.7. The number of carbonyl (C=O) groups excluding carboxylic acids is 1. The highest BCUT2D eigenvalue weighted by atomic mass is 35.5. The molecule has 0 radical (unpaired) electrons. The van der Waals surface area contributed by atoms with Gasteiger partial charge in [0.2, 0.25) is 0 Å². The van der Waals surface area contributed by atoms with Gasteiger partial charge in [0.15, 0.2) is 0 Å². The molecule has 0 spiro atoms. The SMILES string of the molecule is CN(Cc1ncc[nH]1)C(=O)c1ccc(Cl)c([N+](=O)[O-])c1. The average molecular weight is 295 g/mol. The van der Waals surface area contributed by atoms with Gasteiger partial charge in [-0.2, -0.15) is 0 Å². The molecule has 0 unspecified atom stereocenters. The molecule has 7 nitrogen and oxygen atoms in total. The second-order valence-electron chi connectivity index (χ2n) is 4.12. The fraction of sp³-hybridized carbons (Fsp3) is 0.167. The molecule has 0 fully saturated rings. The zero-order valence-corrected chi connectivity index (χ0v) is 11.3. The Morgan fingerprint density at radius 1 is 1.55 bits per heavy atom. The Morgan fingerprint density at radius 3 is 2.90 bits per heavy atom. The molecule has 0 saturated heterocycles. The molecule has 0 saturated carbocycles. The number of hydrogen-bond acceptors (Lipinski definition) is 4. The van der Waals surface area contributed by atoms with Gasteiger partial charge >= 0.3 is 0 Å². The molecule has 1 aromatic carbocycles. The van der Waals surface area contributed by atoms with Crippen molar-refractivity contribution in [1.82, 2.24) is 14.9 Å². The molecule has 104 valence electrons. The van der Waals surface area contributed by atoms with E-state index in [1.165, 1.54) is 23.1 Å². The number of aromatic amines is 1. The smallest absolute Gasteiger partial charge is 0.288 e. The Kier molecular flexibility index (Phi) is 3.99. The van der Waals surface area contributed by atoms with Crippen molar-refractivity contribution in [2.24, 2.45) is 0 Å². The second-order valence-corrected chi connectivity index (χ2v) is 4.53. The summed E-state index contributed by atoms with van der Waals surface area (Å²) in [6.07, 6.45) is 3.24. The first-order valence-corrected chi connectivity index (χ1v) is 6.04. The molecule has 8 heteroatoms. The van der Waals surface area contributed by atoms with Crippen LogP contribution in [-0.4, -0.2) is 32.7 Å². The van der Waals surface area contributed by atoms with E-state index < -0.39 is 4.92 Å². The summed E-state index contributed by atoms with van der Waals surface area (Å²) in [6.45, 7) is 0.280. The van der Waals surface area contributed by atoms with Crippen LogP contribution in [0.1, 0.15) is 16.2 Å². The minimum atomic E-state index is -0.619. The lowest BCUT2D eigenvalue weighted by Gasteiger charge is -2.15. The molecule has 20 heavy (non-hydrogen) atoms. The number of amides is 1. The molecule has 0 aliphatic rings. The van der Waals surface area contributed by atoms with Crippen LogP contribution in [0, 0.1) is 10.1 Å². The Morgan fingerprint density at radius 2 is 2.30 bits per heavy atom. The van der Waals surface area contributed by atoms with E-state index in [1.54, 1.807) is 19.4 Å². The van der Waals surface area contributed by atoms with Gasteiger partial charge in [-0.25, -0.2) is 4.98 Å². The van der Waals surface area contributed by atoms with Crippen LogP contribution in [0.3, 0.4) is 0 Å². The minimum Gasteiger partial charge on any atom is -0.347 e. The number of imidazole rings is 1. The van der Waals surface area contributed by atoms with Gasteiger partial charge in [0, 0.05) is 31.1 Å². The predicted molar refractivity (Wildman–Crippen MR) is 72.5 cm³/mol. The Bertz CT molecular complexity index is 642. The van der Waals surface area contributed by atoms with E-state index in [9.17, 15) is 14.9 Å². The Labute approximate surface area is 119 Å². The third-order valence-electron chi connectivity index (χ3n) is 2.68. The van der Waals surface area contributed by atoms with Crippen LogP contribution in [-0.2, 0) is 6.54 Å². The third kappa shape index (κ3) is 2.94. The van der Waals surface area contributed by atoms with Crippen LogP contribution < -0.4 is 0 Å². The lowest BCUT2D eigenvalue weighted by molar-refractivity contribution is -0.384. The molecule has 0 aliphatic carbocycles. The van der Waals surface area contributed by atoms with Crippen molar-refractivity contribution >= 4 is 23.2 Å². The molecule has 2 aromatic rings. The summed E-state index contributed by atoms with van der Waals surface area (Å²) in [5, 5.41) is 10.8. The fourth-order valence-electron chi connectivity index (χ4n) is 1.69. The van der Waals surface area contributed by atoms with E-state index in [-0.39, 0.29) is 28.7 Å².